The number of amides is 1. The fourth-order valence-corrected chi connectivity index (χ4v) is 2.91. The lowest BCUT2D eigenvalue weighted by atomic mass is 9.74. The van der Waals surface area contributed by atoms with Gasteiger partial charge in [-0.15, -0.1) is 0 Å². The molecule has 1 saturated heterocycles. The van der Waals surface area contributed by atoms with E-state index < -0.39 is 0 Å². The van der Waals surface area contributed by atoms with Crippen LogP contribution in [-0.4, -0.2) is 28.7 Å². The van der Waals surface area contributed by atoms with E-state index in [0.29, 0.717) is 11.3 Å². The monoisotopic (exact) mass is 303 g/mol. The summed E-state index contributed by atoms with van der Waals surface area (Å²) in [7, 11) is 0. The van der Waals surface area contributed by atoms with E-state index >= 15 is 0 Å². The quantitative estimate of drug-likeness (QED) is 0.723. The molecule has 0 aliphatic carbocycles. The predicted octanol–water partition coefficient (Wildman–Crippen LogP) is 3.83. The Morgan fingerprint density at radius 2 is 1.71 bits per heavy atom. The lowest BCUT2D eigenvalue weighted by molar-refractivity contribution is -0.133. The third kappa shape index (κ3) is 3.46. The summed E-state index contributed by atoms with van der Waals surface area (Å²) in [6.45, 7) is 10.6. The molecule has 0 N–H and O–H groups in total. The first-order valence-electron chi connectivity index (χ1n) is 6.88. The third-order valence-electron chi connectivity index (χ3n) is 4.46. The van der Waals surface area contributed by atoms with Gasteiger partial charge in [0.25, 0.3) is 0 Å². The van der Waals surface area contributed by atoms with Crippen molar-refractivity contribution in [2.75, 3.05) is 13.1 Å². The topological polar surface area (TPSA) is 20.3 Å². The summed E-state index contributed by atoms with van der Waals surface area (Å²) in [6, 6.07) is 0. The molecular formula is C14H26BrNO. The summed E-state index contributed by atoms with van der Waals surface area (Å²) in [5, 5.41) is 0. The van der Waals surface area contributed by atoms with Gasteiger partial charge < -0.3 is 4.90 Å². The number of nitrogens with zero attached hydrogens (tertiary/aromatic N) is 1. The van der Waals surface area contributed by atoms with Crippen LogP contribution in [0.1, 0.15) is 53.4 Å². The molecule has 0 bridgehead atoms. The van der Waals surface area contributed by atoms with Crippen molar-refractivity contribution in [3.8, 4) is 0 Å². The molecule has 1 aliphatic heterocycles. The van der Waals surface area contributed by atoms with Crippen molar-refractivity contribution < 1.29 is 4.79 Å². The third-order valence-corrected chi connectivity index (χ3v) is 5.91. The van der Waals surface area contributed by atoms with Gasteiger partial charge in [-0.2, -0.15) is 0 Å². The molecule has 0 radical (unpaired) electrons. The smallest absolute Gasteiger partial charge is 0.236 e. The highest BCUT2D eigenvalue weighted by molar-refractivity contribution is 9.10. The molecule has 2 nitrogen and oxygen atoms in total. The van der Waals surface area contributed by atoms with E-state index in [4.69, 9.17) is 0 Å². The number of carbonyl (C=O) groups excluding carboxylic acids is 1. The lowest BCUT2D eigenvalue weighted by Crippen LogP contribution is -2.46. The number of carbonyl (C=O) groups is 1. The zero-order valence-electron chi connectivity index (χ0n) is 11.6. The molecule has 1 heterocycles. The first-order chi connectivity index (χ1) is 7.95. The van der Waals surface area contributed by atoms with Gasteiger partial charge >= 0.3 is 0 Å². The van der Waals surface area contributed by atoms with E-state index in [1.807, 2.05) is 4.90 Å². The van der Waals surface area contributed by atoms with Crippen LogP contribution in [0.2, 0.25) is 0 Å². The first kappa shape index (κ1) is 15.0. The second-order valence-electron chi connectivity index (χ2n) is 5.68. The molecule has 0 aromatic carbocycles. The highest BCUT2D eigenvalue weighted by atomic mass is 79.9. The molecule has 1 unspecified atom stereocenters. The van der Waals surface area contributed by atoms with Crippen LogP contribution < -0.4 is 0 Å². The average Bonchev–Trinajstić information content (AvgIpc) is 2.37. The molecule has 1 atom stereocenters. The second kappa shape index (κ2) is 6.21. The van der Waals surface area contributed by atoms with Crippen molar-refractivity contribution in [2.24, 2.45) is 11.3 Å². The van der Waals surface area contributed by atoms with Crippen LogP contribution in [0.3, 0.4) is 0 Å². The number of hydrogen-bond donors (Lipinski definition) is 0. The Bertz CT molecular complexity index is 251. The van der Waals surface area contributed by atoms with Gasteiger partial charge in [-0.25, -0.2) is 0 Å². The fraction of sp³-hybridized carbons (Fsp3) is 0.929. The molecule has 1 fully saturated rings. The molecule has 0 aromatic rings. The van der Waals surface area contributed by atoms with Crippen molar-refractivity contribution in [1.82, 2.24) is 4.90 Å². The molecule has 3 heteroatoms. The van der Waals surface area contributed by atoms with Gasteiger partial charge in [-0.3, -0.25) is 4.79 Å². The number of alkyl halides is 1. The molecule has 0 saturated carbocycles. The van der Waals surface area contributed by atoms with Crippen molar-refractivity contribution in [1.29, 1.82) is 0 Å². The summed E-state index contributed by atoms with van der Waals surface area (Å²) < 4.78 is 0. The molecule has 100 valence electrons. The van der Waals surface area contributed by atoms with Crippen LogP contribution in [0, 0.1) is 11.3 Å². The summed E-state index contributed by atoms with van der Waals surface area (Å²) >= 11 is 3.51. The Kier molecular flexibility index (Phi) is 5.49. The van der Waals surface area contributed by atoms with E-state index in [0.717, 1.165) is 13.1 Å². The van der Waals surface area contributed by atoms with E-state index in [2.05, 4.69) is 43.6 Å². The Hall–Kier alpha value is -0.0500. The summed E-state index contributed by atoms with van der Waals surface area (Å²) in [5.41, 5.74) is 0.496. The molecule has 17 heavy (non-hydrogen) atoms. The van der Waals surface area contributed by atoms with Crippen molar-refractivity contribution in [3.05, 3.63) is 0 Å². The Balaban J connectivity index is 2.55. The standard InChI is InChI=1S/C14H26BrNO/c1-5-14(6-2)7-9-16(10-8-14)13(17)12(15)11(3)4/h11-12H,5-10H2,1-4H3. The van der Waals surface area contributed by atoms with Gasteiger partial charge in [0.05, 0.1) is 4.83 Å². The lowest BCUT2D eigenvalue weighted by Gasteiger charge is -2.41. The maximum Gasteiger partial charge on any atom is 0.236 e. The molecule has 1 aliphatic rings. The second-order valence-corrected chi connectivity index (χ2v) is 6.66. The minimum atomic E-state index is -0.0155. The van der Waals surface area contributed by atoms with Crippen LogP contribution in [-0.2, 0) is 4.79 Å². The first-order valence-corrected chi connectivity index (χ1v) is 7.80. The van der Waals surface area contributed by atoms with E-state index in [1.54, 1.807) is 0 Å². The SMILES string of the molecule is CCC1(CC)CCN(C(=O)C(Br)C(C)C)CC1. The molecular weight excluding hydrogens is 278 g/mol. The summed E-state index contributed by atoms with van der Waals surface area (Å²) in [5.74, 6) is 0.646. The Morgan fingerprint density at radius 1 is 1.24 bits per heavy atom. The van der Waals surface area contributed by atoms with Gasteiger partial charge in [-0.05, 0) is 24.2 Å². The van der Waals surface area contributed by atoms with Crippen LogP contribution in [0.5, 0.6) is 0 Å². The maximum absolute atomic E-state index is 12.2. The molecule has 1 rings (SSSR count). The van der Waals surface area contributed by atoms with Gasteiger partial charge in [0.15, 0.2) is 0 Å². The van der Waals surface area contributed by atoms with Crippen LogP contribution >= 0.6 is 15.9 Å². The van der Waals surface area contributed by atoms with Gasteiger partial charge in [0, 0.05) is 13.1 Å². The Labute approximate surface area is 114 Å². The fourth-order valence-electron chi connectivity index (χ4n) is 2.62. The highest BCUT2D eigenvalue weighted by Gasteiger charge is 2.34. The largest absolute Gasteiger partial charge is 0.342 e. The van der Waals surface area contributed by atoms with Crippen molar-refractivity contribution in [3.63, 3.8) is 0 Å². The normalized spacial score (nSPS) is 21.6. The number of piperidine rings is 1. The van der Waals surface area contributed by atoms with Crippen molar-refractivity contribution >= 4 is 21.8 Å². The minimum Gasteiger partial charge on any atom is -0.342 e. The predicted molar refractivity (Wildman–Crippen MR) is 76.4 cm³/mol. The highest BCUT2D eigenvalue weighted by Crippen LogP contribution is 2.38. The zero-order valence-corrected chi connectivity index (χ0v) is 13.2. The van der Waals surface area contributed by atoms with Crippen LogP contribution in [0.15, 0.2) is 0 Å². The number of hydrogen-bond acceptors (Lipinski definition) is 1. The minimum absolute atomic E-state index is 0.0155. The average molecular weight is 304 g/mol. The number of halogens is 1. The zero-order chi connectivity index (χ0) is 13.1. The van der Waals surface area contributed by atoms with Gasteiger partial charge in [-0.1, -0.05) is 56.5 Å². The van der Waals surface area contributed by atoms with E-state index in [-0.39, 0.29) is 10.7 Å². The molecule has 1 amide bonds. The Morgan fingerprint density at radius 3 is 2.06 bits per heavy atom. The van der Waals surface area contributed by atoms with Crippen LogP contribution in [0.25, 0.3) is 0 Å². The summed E-state index contributed by atoms with van der Waals surface area (Å²) in [6.07, 6.45) is 4.83. The number of rotatable bonds is 4. The maximum atomic E-state index is 12.2. The van der Waals surface area contributed by atoms with Crippen molar-refractivity contribution in [2.45, 2.75) is 58.2 Å². The van der Waals surface area contributed by atoms with E-state index in [9.17, 15) is 4.79 Å². The van der Waals surface area contributed by atoms with Crippen LogP contribution in [0.4, 0.5) is 0 Å². The van der Waals surface area contributed by atoms with Gasteiger partial charge in [0.1, 0.15) is 0 Å². The summed E-state index contributed by atoms with van der Waals surface area (Å²) in [4.78, 5) is 14.2. The number of likely N-dealkylation sites (tertiary alicyclic amines) is 1. The molecule has 0 spiro atoms. The van der Waals surface area contributed by atoms with Gasteiger partial charge in [0.2, 0.25) is 5.91 Å². The molecule has 0 aromatic heterocycles. The van der Waals surface area contributed by atoms with E-state index in [1.165, 1.54) is 25.7 Å².